The van der Waals surface area contributed by atoms with Crippen molar-refractivity contribution in [3.8, 4) is 0 Å². The summed E-state index contributed by atoms with van der Waals surface area (Å²) in [6.45, 7) is 0. The largest absolute Gasteiger partial charge is 0.329 e. The van der Waals surface area contributed by atoms with Gasteiger partial charge in [0.25, 0.3) is 0 Å². The Morgan fingerprint density at radius 2 is 1.73 bits per heavy atom. The molecule has 0 atom stereocenters. The molecule has 2 aromatic rings. The van der Waals surface area contributed by atoms with E-state index in [1.807, 2.05) is 5.43 Å². The highest BCUT2D eigenvalue weighted by Crippen LogP contribution is 2.13. The van der Waals surface area contributed by atoms with Crippen molar-refractivity contribution in [1.82, 2.24) is 5.43 Å². The van der Waals surface area contributed by atoms with Gasteiger partial charge in [0.2, 0.25) is 0 Å². The van der Waals surface area contributed by atoms with Gasteiger partial charge in [-0.2, -0.15) is 5.10 Å². The van der Waals surface area contributed by atoms with Crippen LogP contribution < -0.4 is 10.7 Å². The van der Waals surface area contributed by atoms with Crippen LogP contribution in [0.2, 0.25) is 0 Å². The number of carbonyl (C=O) groups excluding carboxylic acids is 2. The lowest BCUT2D eigenvalue weighted by Gasteiger charge is -2.03. The van der Waals surface area contributed by atoms with Crippen LogP contribution in [0.1, 0.15) is 5.56 Å². The van der Waals surface area contributed by atoms with Crippen LogP contribution in [0.5, 0.6) is 0 Å². The SMILES string of the molecule is O=C(N/N=C/c1ccccc1F)C(=O)Nc1ccc(Br)cc1. The fourth-order valence-electron chi connectivity index (χ4n) is 1.51. The van der Waals surface area contributed by atoms with Crippen molar-refractivity contribution in [1.29, 1.82) is 0 Å². The minimum absolute atomic E-state index is 0.205. The zero-order valence-electron chi connectivity index (χ0n) is 11.2. The number of nitrogens with zero attached hydrogens (tertiary/aromatic N) is 1. The summed E-state index contributed by atoms with van der Waals surface area (Å²) in [7, 11) is 0. The van der Waals surface area contributed by atoms with E-state index in [2.05, 4.69) is 26.3 Å². The van der Waals surface area contributed by atoms with Gasteiger partial charge in [-0.1, -0.05) is 34.1 Å². The smallest absolute Gasteiger partial charge is 0.318 e. The van der Waals surface area contributed by atoms with Crippen molar-refractivity contribution >= 4 is 39.6 Å². The van der Waals surface area contributed by atoms with E-state index in [9.17, 15) is 14.0 Å². The molecule has 0 saturated heterocycles. The van der Waals surface area contributed by atoms with Crippen molar-refractivity contribution in [3.05, 3.63) is 64.4 Å². The average Bonchev–Trinajstić information content (AvgIpc) is 2.51. The van der Waals surface area contributed by atoms with Crippen LogP contribution in [0.4, 0.5) is 10.1 Å². The Hall–Kier alpha value is -2.54. The van der Waals surface area contributed by atoms with E-state index in [0.717, 1.165) is 10.7 Å². The summed E-state index contributed by atoms with van der Waals surface area (Å²) in [5, 5.41) is 5.96. The molecule has 0 aliphatic carbocycles. The Balaban J connectivity index is 1.90. The van der Waals surface area contributed by atoms with Gasteiger partial charge in [-0.05, 0) is 30.3 Å². The van der Waals surface area contributed by atoms with Crippen molar-refractivity contribution in [2.45, 2.75) is 0 Å². The summed E-state index contributed by atoms with van der Waals surface area (Å²) in [6, 6.07) is 12.7. The van der Waals surface area contributed by atoms with Crippen LogP contribution in [0.15, 0.2) is 58.1 Å². The number of hydrogen-bond donors (Lipinski definition) is 2. The number of amides is 2. The summed E-state index contributed by atoms with van der Waals surface area (Å²) in [5.41, 5.74) is 2.71. The molecular formula is C15H11BrFN3O2. The third-order valence-corrected chi connectivity index (χ3v) is 3.11. The zero-order chi connectivity index (χ0) is 15.9. The molecule has 0 aliphatic rings. The highest BCUT2D eigenvalue weighted by Gasteiger charge is 2.12. The van der Waals surface area contributed by atoms with Crippen LogP contribution >= 0.6 is 15.9 Å². The molecule has 0 radical (unpaired) electrons. The summed E-state index contributed by atoms with van der Waals surface area (Å²) in [6.07, 6.45) is 1.13. The van der Waals surface area contributed by atoms with Crippen LogP contribution in [-0.4, -0.2) is 18.0 Å². The van der Waals surface area contributed by atoms with Crippen molar-refractivity contribution in [2.24, 2.45) is 5.10 Å². The number of halogens is 2. The Morgan fingerprint density at radius 3 is 2.41 bits per heavy atom. The van der Waals surface area contributed by atoms with Gasteiger partial charge < -0.3 is 5.32 Å². The molecule has 2 rings (SSSR count). The van der Waals surface area contributed by atoms with Gasteiger partial charge in [0.15, 0.2) is 0 Å². The molecule has 0 heterocycles. The average molecular weight is 364 g/mol. The molecule has 2 aromatic carbocycles. The van der Waals surface area contributed by atoms with E-state index in [-0.39, 0.29) is 5.56 Å². The molecule has 0 aromatic heterocycles. The van der Waals surface area contributed by atoms with Crippen molar-refractivity contribution in [2.75, 3.05) is 5.32 Å². The van der Waals surface area contributed by atoms with Gasteiger partial charge in [0, 0.05) is 15.7 Å². The number of anilines is 1. The maximum absolute atomic E-state index is 13.3. The molecule has 2 N–H and O–H groups in total. The van der Waals surface area contributed by atoms with Gasteiger partial charge in [-0.3, -0.25) is 9.59 Å². The van der Waals surface area contributed by atoms with Gasteiger partial charge in [0.05, 0.1) is 6.21 Å². The first-order valence-corrected chi connectivity index (χ1v) is 7.00. The van der Waals surface area contributed by atoms with Gasteiger partial charge in [-0.15, -0.1) is 0 Å². The summed E-state index contributed by atoms with van der Waals surface area (Å²) >= 11 is 3.26. The number of hydrogen-bond acceptors (Lipinski definition) is 3. The van der Waals surface area contributed by atoms with Crippen molar-refractivity contribution < 1.29 is 14.0 Å². The number of rotatable bonds is 3. The lowest BCUT2D eigenvalue weighted by Crippen LogP contribution is -2.32. The fraction of sp³-hybridized carbons (Fsp3) is 0. The standard InChI is InChI=1S/C15H11BrFN3O2/c16-11-5-7-12(8-6-11)19-14(21)15(22)20-18-9-10-3-1-2-4-13(10)17/h1-9H,(H,19,21)(H,20,22)/b18-9+. The number of nitrogens with one attached hydrogen (secondary N) is 2. The second-order valence-electron chi connectivity index (χ2n) is 4.18. The minimum atomic E-state index is -0.949. The minimum Gasteiger partial charge on any atom is -0.318 e. The van der Waals surface area contributed by atoms with E-state index in [1.165, 1.54) is 18.2 Å². The maximum Gasteiger partial charge on any atom is 0.329 e. The maximum atomic E-state index is 13.3. The molecule has 0 spiro atoms. The van der Waals surface area contributed by atoms with Gasteiger partial charge in [0.1, 0.15) is 5.82 Å². The lowest BCUT2D eigenvalue weighted by atomic mass is 10.2. The van der Waals surface area contributed by atoms with Crippen LogP contribution in [0.3, 0.4) is 0 Å². The summed E-state index contributed by atoms with van der Waals surface area (Å²) in [4.78, 5) is 23.2. The lowest BCUT2D eigenvalue weighted by molar-refractivity contribution is -0.136. The van der Waals surface area contributed by atoms with Crippen LogP contribution in [-0.2, 0) is 9.59 Å². The summed E-state index contributed by atoms with van der Waals surface area (Å²) in [5.74, 6) is -2.29. The molecule has 0 saturated carbocycles. The highest BCUT2D eigenvalue weighted by molar-refractivity contribution is 9.10. The zero-order valence-corrected chi connectivity index (χ0v) is 12.8. The van der Waals surface area contributed by atoms with E-state index >= 15 is 0 Å². The molecule has 0 bridgehead atoms. The number of carbonyl (C=O) groups is 2. The summed E-state index contributed by atoms with van der Waals surface area (Å²) < 4.78 is 14.2. The van der Waals surface area contributed by atoms with E-state index in [0.29, 0.717) is 5.69 Å². The van der Waals surface area contributed by atoms with E-state index in [4.69, 9.17) is 0 Å². The molecule has 0 aliphatic heterocycles. The molecule has 0 fully saturated rings. The molecule has 0 unspecified atom stereocenters. The third-order valence-electron chi connectivity index (χ3n) is 2.58. The van der Waals surface area contributed by atoms with Crippen LogP contribution in [0.25, 0.3) is 0 Å². The fourth-order valence-corrected chi connectivity index (χ4v) is 1.78. The molecule has 2 amide bonds. The highest BCUT2D eigenvalue weighted by atomic mass is 79.9. The molecule has 7 heteroatoms. The number of hydrazone groups is 1. The topological polar surface area (TPSA) is 70.6 Å². The Labute approximate surface area is 134 Å². The van der Waals surface area contributed by atoms with E-state index in [1.54, 1.807) is 30.3 Å². The molecule has 5 nitrogen and oxygen atoms in total. The Bertz CT molecular complexity index is 717. The first-order valence-electron chi connectivity index (χ1n) is 6.21. The Morgan fingerprint density at radius 1 is 1.05 bits per heavy atom. The Kier molecular flexibility index (Phi) is 5.37. The quantitative estimate of drug-likeness (QED) is 0.500. The van der Waals surface area contributed by atoms with Crippen LogP contribution in [0, 0.1) is 5.82 Å². The predicted octanol–water partition coefficient (Wildman–Crippen LogP) is 2.68. The first-order chi connectivity index (χ1) is 10.6. The normalized spacial score (nSPS) is 10.5. The van der Waals surface area contributed by atoms with Gasteiger partial charge in [-0.25, -0.2) is 9.82 Å². The monoisotopic (exact) mass is 363 g/mol. The second-order valence-corrected chi connectivity index (χ2v) is 5.10. The molecular weight excluding hydrogens is 353 g/mol. The molecule has 112 valence electrons. The number of benzene rings is 2. The predicted molar refractivity (Wildman–Crippen MR) is 84.9 cm³/mol. The third kappa shape index (κ3) is 4.49. The van der Waals surface area contributed by atoms with Gasteiger partial charge >= 0.3 is 11.8 Å². The van der Waals surface area contributed by atoms with Crippen molar-refractivity contribution in [3.63, 3.8) is 0 Å². The second kappa shape index (κ2) is 7.46. The first kappa shape index (κ1) is 15.8. The van der Waals surface area contributed by atoms with E-state index < -0.39 is 17.6 Å². The molecule has 22 heavy (non-hydrogen) atoms.